The van der Waals surface area contributed by atoms with E-state index in [1.54, 1.807) is 36.3 Å². The average Bonchev–Trinajstić information content (AvgIpc) is 3.26. The number of hydrogen-bond donors (Lipinski definition) is 1. The van der Waals surface area contributed by atoms with Gasteiger partial charge in [0.05, 0.1) is 36.4 Å². The third-order valence-corrected chi connectivity index (χ3v) is 4.88. The Labute approximate surface area is 155 Å². The summed E-state index contributed by atoms with van der Waals surface area (Å²) in [6.07, 6.45) is 3.29. The van der Waals surface area contributed by atoms with Gasteiger partial charge in [-0.1, -0.05) is 23.7 Å². The number of imidazole rings is 1. The van der Waals surface area contributed by atoms with Gasteiger partial charge in [0.15, 0.2) is 5.69 Å². The van der Waals surface area contributed by atoms with Crippen LogP contribution in [0.5, 0.6) is 5.75 Å². The van der Waals surface area contributed by atoms with Crippen molar-refractivity contribution in [2.24, 2.45) is 7.05 Å². The van der Waals surface area contributed by atoms with Gasteiger partial charge in [0.1, 0.15) is 5.75 Å². The van der Waals surface area contributed by atoms with Crippen LogP contribution in [0, 0.1) is 0 Å². The summed E-state index contributed by atoms with van der Waals surface area (Å²) in [5, 5.41) is 4.55. The van der Waals surface area contributed by atoms with Crippen molar-refractivity contribution < 1.29 is 9.53 Å². The van der Waals surface area contributed by atoms with Gasteiger partial charge in [-0.05, 0) is 17.7 Å². The number of aryl methyl sites for hydroxylation is 1. The predicted octanol–water partition coefficient (Wildman–Crippen LogP) is 2.59. The number of carbonyl (C=O) groups is 1. The average molecular weight is 372 g/mol. The maximum absolute atomic E-state index is 13.0. The van der Waals surface area contributed by atoms with Crippen molar-refractivity contribution in [3.05, 3.63) is 64.5 Å². The lowest BCUT2D eigenvalue weighted by Crippen LogP contribution is -2.39. The van der Waals surface area contributed by atoms with E-state index in [2.05, 4.69) is 15.1 Å². The summed E-state index contributed by atoms with van der Waals surface area (Å²) in [5.41, 5.74) is 3.18. The highest BCUT2D eigenvalue weighted by Gasteiger charge is 2.33. The molecule has 4 rings (SSSR count). The van der Waals surface area contributed by atoms with Crippen LogP contribution in [0.25, 0.3) is 0 Å². The molecular formula is C18H18ClN5O2. The second-order valence-corrected chi connectivity index (χ2v) is 6.69. The molecule has 0 fully saturated rings. The third kappa shape index (κ3) is 2.84. The van der Waals surface area contributed by atoms with E-state index >= 15 is 0 Å². The molecule has 0 saturated carbocycles. The number of fused-ring (bicyclic) bond motifs is 1. The number of halogens is 1. The predicted molar refractivity (Wildman–Crippen MR) is 96.4 cm³/mol. The Balaban J connectivity index is 1.70. The smallest absolute Gasteiger partial charge is 0.276 e. The van der Waals surface area contributed by atoms with Gasteiger partial charge in [-0.3, -0.25) is 9.48 Å². The Hall–Kier alpha value is -2.80. The number of benzene rings is 1. The summed E-state index contributed by atoms with van der Waals surface area (Å²) >= 11 is 6.16. The number of hydrogen-bond acceptors (Lipinski definition) is 4. The molecule has 7 nitrogen and oxygen atoms in total. The molecule has 0 bridgehead atoms. The molecule has 0 spiro atoms. The zero-order chi connectivity index (χ0) is 18.3. The second-order valence-electron chi connectivity index (χ2n) is 6.28. The fourth-order valence-corrected chi connectivity index (χ4v) is 3.61. The van der Waals surface area contributed by atoms with Gasteiger partial charge in [0.25, 0.3) is 5.91 Å². The summed E-state index contributed by atoms with van der Waals surface area (Å²) in [6.45, 7) is 0.943. The standard InChI is InChI=1S/C18H18ClN5O2/c1-23-8-14(19)17(22-23)18(25)24-7-13(16-15(9-24)20-10-21-16)11-4-3-5-12(6-11)26-2/h3-6,8,10,13H,7,9H2,1-2H3,(H,20,21). The number of H-pyrrole nitrogens is 1. The lowest BCUT2D eigenvalue weighted by Gasteiger charge is -2.32. The van der Waals surface area contributed by atoms with Crippen LogP contribution in [0.15, 0.2) is 36.8 Å². The number of amides is 1. The number of aromatic nitrogens is 4. The van der Waals surface area contributed by atoms with E-state index in [9.17, 15) is 4.79 Å². The van der Waals surface area contributed by atoms with Crippen molar-refractivity contribution >= 4 is 17.5 Å². The highest BCUT2D eigenvalue weighted by Crippen LogP contribution is 2.33. The lowest BCUT2D eigenvalue weighted by atomic mass is 9.90. The van der Waals surface area contributed by atoms with Crippen molar-refractivity contribution in [3.63, 3.8) is 0 Å². The zero-order valence-corrected chi connectivity index (χ0v) is 15.2. The van der Waals surface area contributed by atoms with Crippen molar-refractivity contribution in [2.75, 3.05) is 13.7 Å². The molecule has 0 saturated heterocycles. The Morgan fingerprint density at radius 3 is 3.00 bits per heavy atom. The topological polar surface area (TPSA) is 76.0 Å². The van der Waals surface area contributed by atoms with Gasteiger partial charge < -0.3 is 14.6 Å². The van der Waals surface area contributed by atoms with Gasteiger partial charge in [0.2, 0.25) is 0 Å². The molecule has 0 radical (unpaired) electrons. The van der Waals surface area contributed by atoms with E-state index in [-0.39, 0.29) is 17.5 Å². The van der Waals surface area contributed by atoms with Crippen molar-refractivity contribution in [1.82, 2.24) is 24.6 Å². The van der Waals surface area contributed by atoms with E-state index in [0.29, 0.717) is 18.1 Å². The number of nitrogens with zero attached hydrogens (tertiary/aromatic N) is 4. The highest BCUT2D eigenvalue weighted by molar-refractivity contribution is 6.33. The molecule has 1 N–H and O–H groups in total. The monoisotopic (exact) mass is 371 g/mol. The van der Waals surface area contributed by atoms with E-state index < -0.39 is 0 Å². The SMILES string of the molecule is COc1cccc(C2CN(C(=O)c3nn(C)cc3Cl)Cc3[nH]cnc32)c1. The van der Waals surface area contributed by atoms with Crippen LogP contribution in [0.3, 0.4) is 0 Å². The first-order valence-corrected chi connectivity index (χ1v) is 8.59. The first-order chi connectivity index (χ1) is 12.6. The van der Waals surface area contributed by atoms with Crippen LogP contribution in [0.2, 0.25) is 5.02 Å². The van der Waals surface area contributed by atoms with Crippen LogP contribution in [0.1, 0.15) is 33.4 Å². The van der Waals surface area contributed by atoms with Gasteiger partial charge in [-0.15, -0.1) is 0 Å². The molecule has 1 unspecified atom stereocenters. The molecule has 8 heteroatoms. The third-order valence-electron chi connectivity index (χ3n) is 4.60. The molecular weight excluding hydrogens is 354 g/mol. The van der Waals surface area contributed by atoms with Crippen LogP contribution in [0.4, 0.5) is 0 Å². The zero-order valence-electron chi connectivity index (χ0n) is 14.4. The number of methoxy groups -OCH3 is 1. The Morgan fingerprint density at radius 1 is 1.42 bits per heavy atom. The lowest BCUT2D eigenvalue weighted by molar-refractivity contribution is 0.0715. The van der Waals surface area contributed by atoms with E-state index in [1.807, 2.05) is 24.3 Å². The quantitative estimate of drug-likeness (QED) is 0.767. The Morgan fingerprint density at radius 2 is 2.27 bits per heavy atom. The molecule has 1 amide bonds. The van der Waals surface area contributed by atoms with Crippen LogP contribution in [-0.4, -0.2) is 44.2 Å². The molecule has 0 aliphatic carbocycles. The van der Waals surface area contributed by atoms with Crippen LogP contribution in [-0.2, 0) is 13.6 Å². The van der Waals surface area contributed by atoms with Crippen LogP contribution < -0.4 is 4.74 Å². The van der Waals surface area contributed by atoms with Gasteiger partial charge in [-0.2, -0.15) is 5.10 Å². The molecule has 1 aromatic carbocycles. The molecule has 1 aliphatic rings. The van der Waals surface area contributed by atoms with E-state index in [0.717, 1.165) is 22.7 Å². The first-order valence-electron chi connectivity index (χ1n) is 8.21. The molecule has 3 heterocycles. The normalized spacial score (nSPS) is 16.4. The molecule has 1 atom stereocenters. The van der Waals surface area contributed by atoms with Gasteiger partial charge in [0, 0.05) is 25.7 Å². The van der Waals surface area contributed by atoms with Crippen molar-refractivity contribution in [1.29, 1.82) is 0 Å². The summed E-state index contributed by atoms with van der Waals surface area (Å²) in [4.78, 5) is 22.3. The summed E-state index contributed by atoms with van der Waals surface area (Å²) < 4.78 is 6.88. The number of carbonyl (C=O) groups excluding carboxylic acids is 1. The van der Waals surface area contributed by atoms with Crippen molar-refractivity contribution in [3.8, 4) is 5.75 Å². The molecule has 3 aromatic rings. The fraction of sp³-hybridized carbons (Fsp3) is 0.278. The maximum Gasteiger partial charge on any atom is 0.276 e. The van der Waals surface area contributed by atoms with Crippen molar-refractivity contribution in [2.45, 2.75) is 12.5 Å². The Kier molecular flexibility index (Phi) is 4.16. The minimum absolute atomic E-state index is 0.0495. The van der Waals surface area contributed by atoms with Gasteiger partial charge in [-0.25, -0.2) is 4.98 Å². The van der Waals surface area contributed by atoms with Gasteiger partial charge >= 0.3 is 0 Å². The number of ether oxygens (including phenoxy) is 1. The fourth-order valence-electron chi connectivity index (χ4n) is 3.35. The van der Waals surface area contributed by atoms with Crippen LogP contribution >= 0.6 is 11.6 Å². The number of aromatic amines is 1. The summed E-state index contributed by atoms with van der Waals surface area (Å²) in [6, 6.07) is 7.84. The molecule has 26 heavy (non-hydrogen) atoms. The minimum atomic E-state index is -0.191. The number of nitrogens with one attached hydrogen (secondary N) is 1. The molecule has 134 valence electrons. The summed E-state index contributed by atoms with van der Waals surface area (Å²) in [7, 11) is 3.38. The Bertz CT molecular complexity index is 964. The van der Waals surface area contributed by atoms with E-state index in [4.69, 9.17) is 16.3 Å². The van der Waals surface area contributed by atoms with E-state index in [1.165, 1.54) is 0 Å². The highest BCUT2D eigenvalue weighted by atomic mass is 35.5. The first kappa shape index (κ1) is 16.7. The molecule has 2 aromatic heterocycles. The minimum Gasteiger partial charge on any atom is -0.497 e. The summed E-state index contributed by atoms with van der Waals surface area (Å²) in [5.74, 6) is 0.533. The number of rotatable bonds is 3. The maximum atomic E-state index is 13.0. The largest absolute Gasteiger partial charge is 0.497 e. The molecule has 1 aliphatic heterocycles. The second kappa shape index (κ2) is 6.49.